The van der Waals surface area contributed by atoms with E-state index in [9.17, 15) is 0 Å². The molecule has 66 valence electrons. The van der Waals surface area contributed by atoms with E-state index in [0.717, 1.165) is 7.11 Å². The summed E-state index contributed by atoms with van der Waals surface area (Å²) in [5.74, 6) is 0. The molecule has 0 heterocycles. The van der Waals surface area contributed by atoms with Gasteiger partial charge in [0.05, 0.1) is 4.99 Å². The third-order valence-electron chi connectivity index (χ3n) is 1.22. The van der Waals surface area contributed by atoms with Crippen molar-refractivity contribution in [2.45, 2.75) is 6.42 Å². The lowest BCUT2D eigenvalue weighted by atomic mass is 10.2. The van der Waals surface area contributed by atoms with Gasteiger partial charge in [0.15, 0.2) is 0 Å². The number of thiocarbonyl (C=S) groups is 1. The van der Waals surface area contributed by atoms with Crippen molar-refractivity contribution in [3.8, 4) is 0 Å². The van der Waals surface area contributed by atoms with Crippen molar-refractivity contribution in [3.05, 3.63) is 35.9 Å². The van der Waals surface area contributed by atoms with E-state index >= 15 is 0 Å². The minimum atomic E-state index is 0.547. The molecule has 3 heteroatoms. The highest BCUT2D eigenvalue weighted by Gasteiger charge is 1.90. The van der Waals surface area contributed by atoms with Crippen LogP contribution in [0.15, 0.2) is 30.3 Å². The molecule has 3 N–H and O–H groups in total. The van der Waals surface area contributed by atoms with Crippen molar-refractivity contribution < 1.29 is 5.11 Å². The van der Waals surface area contributed by atoms with E-state index in [1.807, 2.05) is 30.3 Å². The molecule has 0 amide bonds. The molecular weight excluding hydrogens is 170 g/mol. The quantitative estimate of drug-likeness (QED) is 0.675. The van der Waals surface area contributed by atoms with Crippen molar-refractivity contribution in [2.24, 2.45) is 5.73 Å². The first-order valence-corrected chi connectivity index (χ1v) is 3.97. The SMILES string of the molecule is CO.NC(=S)Cc1ccccc1. The maximum atomic E-state index is 7.00. The average molecular weight is 183 g/mol. The first-order chi connectivity index (χ1) is 5.79. The second-order valence-corrected chi connectivity index (χ2v) is 2.65. The molecule has 0 aliphatic rings. The van der Waals surface area contributed by atoms with E-state index in [-0.39, 0.29) is 0 Å². The van der Waals surface area contributed by atoms with Gasteiger partial charge in [-0.15, -0.1) is 0 Å². The lowest BCUT2D eigenvalue weighted by Gasteiger charge is -1.95. The largest absolute Gasteiger partial charge is 0.400 e. The molecule has 2 nitrogen and oxygen atoms in total. The highest BCUT2D eigenvalue weighted by molar-refractivity contribution is 7.80. The van der Waals surface area contributed by atoms with Gasteiger partial charge in [0.2, 0.25) is 0 Å². The number of aliphatic hydroxyl groups excluding tert-OH is 1. The van der Waals surface area contributed by atoms with Crippen LogP contribution in [0.2, 0.25) is 0 Å². The predicted octanol–water partition coefficient (Wildman–Crippen LogP) is 1.12. The first kappa shape index (κ1) is 11.1. The van der Waals surface area contributed by atoms with E-state index in [1.54, 1.807) is 0 Å². The summed E-state index contributed by atoms with van der Waals surface area (Å²) >= 11 is 4.76. The molecule has 0 atom stereocenters. The van der Waals surface area contributed by atoms with Crippen LogP contribution in [0.3, 0.4) is 0 Å². The zero-order chi connectivity index (χ0) is 9.40. The van der Waals surface area contributed by atoms with Crippen LogP contribution in [0.5, 0.6) is 0 Å². The Labute approximate surface area is 78.0 Å². The molecule has 1 aromatic rings. The van der Waals surface area contributed by atoms with Gasteiger partial charge in [-0.1, -0.05) is 42.5 Å². The van der Waals surface area contributed by atoms with Gasteiger partial charge in [0.25, 0.3) is 0 Å². The summed E-state index contributed by atoms with van der Waals surface area (Å²) in [6.45, 7) is 0. The fourth-order valence-electron chi connectivity index (χ4n) is 0.797. The van der Waals surface area contributed by atoms with Crippen molar-refractivity contribution in [2.75, 3.05) is 7.11 Å². The van der Waals surface area contributed by atoms with Gasteiger partial charge in [0.1, 0.15) is 0 Å². The van der Waals surface area contributed by atoms with Crippen molar-refractivity contribution in [3.63, 3.8) is 0 Å². The van der Waals surface area contributed by atoms with Crippen molar-refractivity contribution in [1.29, 1.82) is 0 Å². The van der Waals surface area contributed by atoms with Crippen LogP contribution < -0.4 is 5.73 Å². The summed E-state index contributed by atoms with van der Waals surface area (Å²) in [6, 6.07) is 9.96. The summed E-state index contributed by atoms with van der Waals surface area (Å²) in [4.78, 5) is 0.547. The van der Waals surface area contributed by atoms with Gasteiger partial charge in [-0.2, -0.15) is 0 Å². The molecule has 0 aliphatic heterocycles. The molecule has 1 rings (SSSR count). The van der Waals surface area contributed by atoms with Crippen LogP contribution in [-0.4, -0.2) is 17.2 Å². The third-order valence-corrected chi connectivity index (χ3v) is 1.37. The summed E-state index contributed by atoms with van der Waals surface area (Å²) in [5.41, 5.74) is 6.53. The summed E-state index contributed by atoms with van der Waals surface area (Å²) in [5, 5.41) is 7.00. The second kappa shape index (κ2) is 6.76. The molecule has 0 bridgehead atoms. The van der Waals surface area contributed by atoms with Crippen LogP contribution in [0.4, 0.5) is 0 Å². The molecule has 0 aromatic heterocycles. The minimum absolute atomic E-state index is 0.547. The second-order valence-electron chi connectivity index (χ2n) is 2.13. The topological polar surface area (TPSA) is 46.2 Å². The lowest BCUT2D eigenvalue weighted by molar-refractivity contribution is 0.399. The first-order valence-electron chi connectivity index (χ1n) is 3.56. The average Bonchev–Trinajstić information content (AvgIpc) is 2.08. The Morgan fingerprint density at radius 2 is 1.83 bits per heavy atom. The molecule has 0 unspecified atom stereocenters. The summed E-state index contributed by atoms with van der Waals surface area (Å²) in [6.07, 6.45) is 0.705. The molecule has 12 heavy (non-hydrogen) atoms. The number of benzene rings is 1. The standard InChI is InChI=1S/C8H9NS.CH4O/c9-8(10)6-7-4-2-1-3-5-7;1-2/h1-5H,6H2,(H2,9,10);2H,1H3. The van der Waals surface area contributed by atoms with Crippen LogP contribution in [0.25, 0.3) is 0 Å². The van der Waals surface area contributed by atoms with Gasteiger partial charge in [-0.25, -0.2) is 0 Å². The molecular formula is C9H13NOS. The van der Waals surface area contributed by atoms with Crippen molar-refractivity contribution in [1.82, 2.24) is 0 Å². The lowest BCUT2D eigenvalue weighted by Crippen LogP contribution is -2.10. The maximum Gasteiger partial charge on any atom is 0.0771 e. The van der Waals surface area contributed by atoms with Gasteiger partial charge < -0.3 is 10.8 Å². The van der Waals surface area contributed by atoms with Crippen LogP contribution in [0, 0.1) is 0 Å². The van der Waals surface area contributed by atoms with E-state index in [4.69, 9.17) is 23.1 Å². The molecule has 0 saturated carbocycles. The predicted molar refractivity (Wildman–Crippen MR) is 55.1 cm³/mol. The maximum absolute atomic E-state index is 7.00. The van der Waals surface area contributed by atoms with Gasteiger partial charge in [0, 0.05) is 13.5 Å². The molecule has 0 fully saturated rings. The number of aliphatic hydroxyl groups is 1. The van der Waals surface area contributed by atoms with E-state index < -0.39 is 0 Å². The number of hydrogen-bond acceptors (Lipinski definition) is 2. The molecule has 0 spiro atoms. The van der Waals surface area contributed by atoms with Crippen LogP contribution >= 0.6 is 12.2 Å². The van der Waals surface area contributed by atoms with Crippen molar-refractivity contribution >= 4 is 17.2 Å². The van der Waals surface area contributed by atoms with Crippen LogP contribution in [-0.2, 0) is 6.42 Å². The molecule has 0 saturated heterocycles. The molecule has 0 radical (unpaired) electrons. The fraction of sp³-hybridized carbons (Fsp3) is 0.222. The molecule has 0 aliphatic carbocycles. The number of rotatable bonds is 2. The zero-order valence-electron chi connectivity index (χ0n) is 7.03. The fourth-order valence-corrected chi connectivity index (χ4v) is 0.964. The Balaban J connectivity index is 0.000000561. The third kappa shape index (κ3) is 4.82. The Hall–Kier alpha value is -0.930. The van der Waals surface area contributed by atoms with Gasteiger partial charge in [-0.05, 0) is 5.56 Å². The summed E-state index contributed by atoms with van der Waals surface area (Å²) < 4.78 is 0. The Kier molecular flexibility index (Phi) is 6.24. The highest BCUT2D eigenvalue weighted by atomic mass is 32.1. The smallest absolute Gasteiger partial charge is 0.0771 e. The van der Waals surface area contributed by atoms with Gasteiger partial charge >= 0.3 is 0 Å². The number of hydrogen-bond donors (Lipinski definition) is 2. The Bertz CT molecular complexity index is 223. The Morgan fingerprint density at radius 3 is 2.25 bits per heavy atom. The highest BCUT2D eigenvalue weighted by Crippen LogP contribution is 1.98. The van der Waals surface area contributed by atoms with E-state index in [1.165, 1.54) is 5.56 Å². The molecule has 1 aromatic carbocycles. The summed E-state index contributed by atoms with van der Waals surface area (Å²) in [7, 11) is 1.00. The zero-order valence-corrected chi connectivity index (χ0v) is 7.84. The number of nitrogens with two attached hydrogens (primary N) is 1. The monoisotopic (exact) mass is 183 g/mol. The van der Waals surface area contributed by atoms with E-state index in [2.05, 4.69) is 0 Å². The van der Waals surface area contributed by atoms with E-state index in [0.29, 0.717) is 11.4 Å². The minimum Gasteiger partial charge on any atom is -0.400 e. The normalized spacial score (nSPS) is 8.17. The van der Waals surface area contributed by atoms with Crippen LogP contribution in [0.1, 0.15) is 5.56 Å². The van der Waals surface area contributed by atoms with Gasteiger partial charge in [-0.3, -0.25) is 0 Å². The Morgan fingerprint density at radius 1 is 1.33 bits per heavy atom.